The van der Waals surface area contributed by atoms with Crippen LogP contribution in [0.1, 0.15) is 70.3 Å². The SMILES string of the molecule is CC(O)CCc1ccc(OCC2CCCC3(CCCC3)C2)c(O)c1. The van der Waals surface area contributed by atoms with Crippen LogP contribution in [-0.2, 0) is 6.42 Å². The van der Waals surface area contributed by atoms with Gasteiger partial charge in [0.1, 0.15) is 0 Å². The van der Waals surface area contributed by atoms with Crippen molar-refractivity contribution < 1.29 is 14.9 Å². The topological polar surface area (TPSA) is 49.7 Å². The second-order valence-electron chi connectivity index (χ2n) is 8.17. The highest BCUT2D eigenvalue weighted by Crippen LogP contribution is 2.50. The predicted molar refractivity (Wildman–Crippen MR) is 96.5 cm³/mol. The number of rotatable bonds is 6. The largest absolute Gasteiger partial charge is 0.504 e. The lowest BCUT2D eigenvalue weighted by Crippen LogP contribution is -2.29. The van der Waals surface area contributed by atoms with Crippen LogP contribution in [0.2, 0.25) is 0 Å². The molecule has 2 saturated carbocycles. The van der Waals surface area contributed by atoms with E-state index in [2.05, 4.69) is 0 Å². The highest BCUT2D eigenvalue weighted by atomic mass is 16.5. The van der Waals surface area contributed by atoms with E-state index in [1.54, 1.807) is 13.0 Å². The van der Waals surface area contributed by atoms with Gasteiger partial charge in [-0.3, -0.25) is 0 Å². The van der Waals surface area contributed by atoms with Gasteiger partial charge in [-0.05, 0) is 80.9 Å². The Hall–Kier alpha value is -1.22. The van der Waals surface area contributed by atoms with E-state index in [0.29, 0.717) is 23.5 Å². The second kappa shape index (κ2) is 7.77. The Kier molecular flexibility index (Phi) is 5.70. The summed E-state index contributed by atoms with van der Waals surface area (Å²) in [6.45, 7) is 2.51. The van der Waals surface area contributed by atoms with E-state index in [0.717, 1.165) is 18.6 Å². The number of aliphatic hydroxyl groups excluding tert-OH is 1. The van der Waals surface area contributed by atoms with Gasteiger partial charge in [0.05, 0.1) is 12.7 Å². The van der Waals surface area contributed by atoms with Gasteiger partial charge < -0.3 is 14.9 Å². The van der Waals surface area contributed by atoms with Gasteiger partial charge in [0.2, 0.25) is 0 Å². The number of aliphatic hydroxyl groups is 1. The van der Waals surface area contributed by atoms with Crippen molar-refractivity contribution in [1.29, 1.82) is 0 Å². The highest BCUT2D eigenvalue weighted by molar-refractivity contribution is 5.41. The molecule has 3 rings (SSSR count). The molecule has 1 aromatic carbocycles. The zero-order chi connectivity index (χ0) is 17.0. The fourth-order valence-corrected chi connectivity index (χ4v) is 4.73. The third-order valence-corrected chi connectivity index (χ3v) is 6.05. The third-order valence-electron chi connectivity index (χ3n) is 6.05. The van der Waals surface area contributed by atoms with Crippen molar-refractivity contribution >= 4 is 0 Å². The molecule has 0 amide bonds. The lowest BCUT2D eigenvalue weighted by Gasteiger charge is -2.38. The van der Waals surface area contributed by atoms with Crippen LogP contribution in [0.3, 0.4) is 0 Å². The molecule has 2 aliphatic rings. The molecule has 0 aliphatic heterocycles. The van der Waals surface area contributed by atoms with Crippen LogP contribution < -0.4 is 4.74 Å². The van der Waals surface area contributed by atoms with Crippen molar-refractivity contribution in [3.05, 3.63) is 23.8 Å². The fourth-order valence-electron chi connectivity index (χ4n) is 4.73. The molecule has 24 heavy (non-hydrogen) atoms. The number of phenols is 1. The van der Waals surface area contributed by atoms with Gasteiger partial charge in [-0.25, -0.2) is 0 Å². The lowest BCUT2D eigenvalue weighted by molar-refractivity contribution is 0.105. The summed E-state index contributed by atoms with van der Waals surface area (Å²) < 4.78 is 5.96. The number of hydrogen-bond acceptors (Lipinski definition) is 3. The zero-order valence-electron chi connectivity index (χ0n) is 15.0. The molecule has 2 atom stereocenters. The number of aryl methyl sites for hydroxylation is 1. The van der Waals surface area contributed by atoms with Gasteiger partial charge in [0.25, 0.3) is 0 Å². The van der Waals surface area contributed by atoms with Crippen molar-refractivity contribution in [2.24, 2.45) is 11.3 Å². The summed E-state index contributed by atoms with van der Waals surface area (Å²) >= 11 is 0. The average molecular weight is 332 g/mol. The van der Waals surface area contributed by atoms with E-state index in [1.165, 1.54) is 51.4 Å². The van der Waals surface area contributed by atoms with E-state index in [4.69, 9.17) is 4.74 Å². The van der Waals surface area contributed by atoms with Crippen molar-refractivity contribution in [1.82, 2.24) is 0 Å². The van der Waals surface area contributed by atoms with Crippen molar-refractivity contribution in [2.45, 2.75) is 77.2 Å². The number of ether oxygens (including phenoxy) is 1. The zero-order valence-corrected chi connectivity index (χ0v) is 15.0. The highest BCUT2D eigenvalue weighted by Gasteiger charge is 2.38. The monoisotopic (exact) mass is 332 g/mol. The second-order valence-corrected chi connectivity index (χ2v) is 8.17. The Morgan fingerprint density at radius 1 is 1.21 bits per heavy atom. The van der Waals surface area contributed by atoms with E-state index in [1.807, 2.05) is 12.1 Å². The first-order valence-electron chi connectivity index (χ1n) is 9.69. The smallest absolute Gasteiger partial charge is 0.160 e. The first-order valence-corrected chi connectivity index (χ1v) is 9.69. The van der Waals surface area contributed by atoms with Gasteiger partial charge in [0, 0.05) is 0 Å². The van der Waals surface area contributed by atoms with Gasteiger partial charge in [0.15, 0.2) is 11.5 Å². The molecular weight excluding hydrogens is 300 g/mol. The molecule has 0 saturated heterocycles. The summed E-state index contributed by atoms with van der Waals surface area (Å²) in [6, 6.07) is 5.65. The summed E-state index contributed by atoms with van der Waals surface area (Å²) in [6.07, 6.45) is 12.1. The Morgan fingerprint density at radius 3 is 2.67 bits per heavy atom. The molecule has 2 aliphatic carbocycles. The molecule has 0 radical (unpaired) electrons. The van der Waals surface area contributed by atoms with E-state index in [9.17, 15) is 10.2 Å². The van der Waals surface area contributed by atoms with Crippen molar-refractivity contribution in [2.75, 3.05) is 6.61 Å². The molecule has 3 nitrogen and oxygen atoms in total. The number of aromatic hydroxyl groups is 1. The third kappa shape index (κ3) is 4.44. The first-order chi connectivity index (χ1) is 11.6. The molecule has 0 bridgehead atoms. The summed E-state index contributed by atoms with van der Waals surface area (Å²) in [7, 11) is 0. The van der Waals surface area contributed by atoms with Crippen LogP contribution in [0.15, 0.2) is 18.2 Å². The van der Waals surface area contributed by atoms with Crippen LogP contribution in [0, 0.1) is 11.3 Å². The summed E-state index contributed by atoms with van der Waals surface area (Å²) in [5.41, 5.74) is 1.66. The lowest BCUT2D eigenvalue weighted by atomic mass is 9.69. The Balaban J connectivity index is 1.52. The minimum Gasteiger partial charge on any atom is -0.504 e. The van der Waals surface area contributed by atoms with Crippen molar-refractivity contribution in [3.8, 4) is 11.5 Å². The Labute approximate surface area is 146 Å². The van der Waals surface area contributed by atoms with Crippen LogP contribution in [0.25, 0.3) is 0 Å². The number of benzene rings is 1. The first kappa shape index (κ1) is 17.6. The summed E-state index contributed by atoms with van der Waals surface area (Å²) in [4.78, 5) is 0. The average Bonchev–Trinajstić information content (AvgIpc) is 2.99. The summed E-state index contributed by atoms with van der Waals surface area (Å²) in [5, 5.41) is 19.6. The molecular formula is C21H32O3. The standard InChI is InChI=1S/C21H32O3/c1-16(22)6-7-17-8-9-20(19(23)13-17)24-15-18-5-4-12-21(14-18)10-2-3-11-21/h8-9,13,16,18,22-23H,2-7,10-12,14-15H2,1H3. The predicted octanol–water partition coefficient (Wildman–Crippen LogP) is 4.84. The van der Waals surface area contributed by atoms with Crippen LogP contribution in [0.4, 0.5) is 0 Å². The van der Waals surface area contributed by atoms with E-state index in [-0.39, 0.29) is 11.9 Å². The van der Waals surface area contributed by atoms with Crippen LogP contribution >= 0.6 is 0 Å². The molecule has 2 N–H and O–H groups in total. The Morgan fingerprint density at radius 2 is 1.96 bits per heavy atom. The molecule has 0 aromatic heterocycles. The van der Waals surface area contributed by atoms with Crippen molar-refractivity contribution in [3.63, 3.8) is 0 Å². The molecule has 134 valence electrons. The molecule has 1 aromatic rings. The quantitative estimate of drug-likeness (QED) is 0.784. The van der Waals surface area contributed by atoms with Crippen LogP contribution in [0.5, 0.6) is 11.5 Å². The van der Waals surface area contributed by atoms with Gasteiger partial charge in [-0.15, -0.1) is 0 Å². The van der Waals surface area contributed by atoms with Gasteiger partial charge in [-0.2, -0.15) is 0 Å². The molecule has 0 heterocycles. The minimum absolute atomic E-state index is 0.226. The normalized spacial score (nSPS) is 24.2. The number of phenolic OH excluding ortho intramolecular Hbond substituents is 1. The molecule has 3 heteroatoms. The Bertz CT molecular complexity index is 532. The maximum absolute atomic E-state index is 10.2. The maximum atomic E-state index is 10.2. The van der Waals surface area contributed by atoms with Crippen LogP contribution in [-0.4, -0.2) is 22.9 Å². The van der Waals surface area contributed by atoms with E-state index < -0.39 is 0 Å². The van der Waals surface area contributed by atoms with Gasteiger partial charge >= 0.3 is 0 Å². The minimum atomic E-state index is -0.308. The molecule has 2 fully saturated rings. The summed E-state index contributed by atoms with van der Waals surface area (Å²) in [5.74, 6) is 1.46. The molecule has 2 unspecified atom stereocenters. The molecule has 1 spiro atoms. The maximum Gasteiger partial charge on any atom is 0.160 e. The van der Waals surface area contributed by atoms with Gasteiger partial charge in [-0.1, -0.05) is 25.3 Å². The van der Waals surface area contributed by atoms with E-state index >= 15 is 0 Å². The number of hydrogen-bond donors (Lipinski definition) is 2. The fraction of sp³-hybridized carbons (Fsp3) is 0.714.